The van der Waals surface area contributed by atoms with Gasteiger partial charge in [0.15, 0.2) is 6.61 Å². The van der Waals surface area contributed by atoms with Crippen LogP contribution in [0, 0.1) is 10.1 Å². The summed E-state index contributed by atoms with van der Waals surface area (Å²) in [5.41, 5.74) is 1.91. The van der Waals surface area contributed by atoms with E-state index in [0.29, 0.717) is 12.4 Å². The summed E-state index contributed by atoms with van der Waals surface area (Å²) in [6.07, 6.45) is 0.0871. The molecule has 1 aliphatic heterocycles. The Morgan fingerprint density at radius 1 is 1.27 bits per heavy atom. The van der Waals surface area contributed by atoms with Crippen molar-refractivity contribution < 1.29 is 24.0 Å². The van der Waals surface area contributed by atoms with Gasteiger partial charge in [-0.3, -0.25) is 24.6 Å². The van der Waals surface area contributed by atoms with Crippen LogP contribution in [-0.2, 0) is 27.5 Å². The lowest BCUT2D eigenvalue weighted by Gasteiger charge is -2.28. The van der Waals surface area contributed by atoms with Gasteiger partial charge in [-0.1, -0.05) is 24.3 Å². The van der Waals surface area contributed by atoms with Gasteiger partial charge in [-0.25, -0.2) is 0 Å². The summed E-state index contributed by atoms with van der Waals surface area (Å²) >= 11 is 0. The van der Waals surface area contributed by atoms with E-state index < -0.39 is 10.8 Å². The molecule has 0 atom stereocenters. The molecular weight excluding hydrogens is 390 g/mol. The molecule has 0 saturated heterocycles. The molecule has 30 heavy (non-hydrogen) atoms. The molecule has 1 N–H and O–H groups in total. The summed E-state index contributed by atoms with van der Waals surface area (Å²) in [7, 11) is 0. The largest absolute Gasteiger partial charge is 0.482 e. The molecule has 9 heteroatoms. The molecule has 0 bridgehead atoms. The van der Waals surface area contributed by atoms with Crippen LogP contribution in [0.4, 0.5) is 11.4 Å². The standard InChI is InChI=1S/C21H23N3O6/c1-14(2)29-12-16-6-4-3-5-15(16)10-22-20(25)11-23-18-9-17(24(27)28)7-8-19(18)30-13-21(23)26/h3-9,14H,10-13H2,1-2H3,(H,22,25). The summed E-state index contributed by atoms with van der Waals surface area (Å²) in [6.45, 7) is 4.12. The molecule has 3 rings (SSSR count). The fourth-order valence-electron chi connectivity index (χ4n) is 3.00. The Morgan fingerprint density at radius 3 is 2.70 bits per heavy atom. The van der Waals surface area contributed by atoms with Crippen molar-refractivity contribution in [1.29, 1.82) is 0 Å². The predicted molar refractivity (Wildman–Crippen MR) is 109 cm³/mol. The van der Waals surface area contributed by atoms with Crippen LogP contribution in [0.25, 0.3) is 0 Å². The smallest absolute Gasteiger partial charge is 0.271 e. The Hall–Kier alpha value is -3.46. The molecule has 9 nitrogen and oxygen atoms in total. The van der Waals surface area contributed by atoms with E-state index in [9.17, 15) is 19.7 Å². The molecule has 2 aromatic carbocycles. The molecule has 0 spiro atoms. The molecule has 0 aliphatic carbocycles. The van der Waals surface area contributed by atoms with E-state index in [4.69, 9.17) is 9.47 Å². The highest BCUT2D eigenvalue weighted by atomic mass is 16.6. The number of fused-ring (bicyclic) bond motifs is 1. The number of non-ortho nitro benzene ring substituents is 1. The first-order valence-corrected chi connectivity index (χ1v) is 9.52. The molecule has 0 unspecified atom stereocenters. The van der Waals surface area contributed by atoms with Crippen molar-refractivity contribution in [3.8, 4) is 5.75 Å². The molecular formula is C21H23N3O6. The molecule has 1 aliphatic rings. The lowest BCUT2D eigenvalue weighted by Crippen LogP contribution is -2.45. The van der Waals surface area contributed by atoms with Gasteiger partial charge in [0.25, 0.3) is 11.6 Å². The lowest BCUT2D eigenvalue weighted by atomic mass is 10.1. The number of hydrogen-bond donors (Lipinski definition) is 1. The monoisotopic (exact) mass is 413 g/mol. The Balaban J connectivity index is 1.68. The first-order valence-electron chi connectivity index (χ1n) is 9.52. The summed E-state index contributed by atoms with van der Waals surface area (Å²) in [5.74, 6) is -0.504. The van der Waals surface area contributed by atoms with Crippen molar-refractivity contribution >= 4 is 23.2 Å². The quantitative estimate of drug-likeness (QED) is 0.526. The van der Waals surface area contributed by atoms with E-state index in [-0.39, 0.29) is 43.1 Å². The molecule has 0 aromatic heterocycles. The summed E-state index contributed by atoms with van der Waals surface area (Å²) in [6, 6.07) is 11.6. The maximum absolute atomic E-state index is 12.5. The maximum atomic E-state index is 12.5. The topological polar surface area (TPSA) is 111 Å². The first kappa shape index (κ1) is 21.3. The van der Waals surface area contributed by atoms with Crippen LogP contribution < -0.4 is 15.0 Å². The maximum Gasteiger partial charge on any atom is 0.271 e. The number of nitro groups is 1. The van der Waals surface area contributed by atoms with Gasteiger partial charge in [0.05, 0.1) is 23.3 Å². The van der Waals surface area contributed by atoms with E-state index in [1.165, 1.54) is 23.1 Å². The van der Waals surface area contributed by atoms with Gasteiger partial charge >= 0.3 is 0 Å². The van der Waals surface area contributed by atoms with E-state index in [0.717, 1.165) is 11.1 Å². The van der Waals surface area contributed by atoms with Crippen molar-refractivity contribution in [1.82, 2.24) is 5.32 Å². The minimum absolute atomic E-state index is 0.0871. The minimum atomic E-state index is -0.562. The normalized spacial score (nSPS) is 13.0. The van der Waals surface area contributed by atoms with Gasteiger partial charge < -0.3 is 14.8 Å². The van der Waals surface area contributed by atoms with Crippen LogP contribution in [0.1, 0.15) is 25.0 Å². The summed E-state index contributed by atoms with van der Waals surface area (Å²) in [4.78, 5) is 36.5. The van der Waals surface area contributed by atoms with Crippen LogP contribution in [0.5, 0.6) is 5.75 Å². The predicted octanol–water partition coefficient (Wildman–Crippen LogP) is 2.56. The van der Waals surface area contributed by atoms with E-state index in [2.05, 4.69) is 5.32 Å². The first-order chi connectivity index (χ1) is 14.3. The molecule has 0 fully saturated rings. The molecule has 0 radical (unpaired) electrons. The molecule has 0 saturated carbocycles. The zero-order valence-electron chi connectivity index (χ0n) is 16.8. The minimum Gasteiger partial charge on any atom is -0.482 e. The molecule has 2 amide bonds. The van der Waals surface area contributed by atoms with Gasteiger partial charge in [0.2, 0.25) is 5.91 Å². The van der Waals surface area contributed by atoms with Gasteiger partial charge in [-0.05, 0) is 31.0 Å². The number of carbonyl (C=O) groups is 2. The number of hydrogen-bond acceptors (Lipinski definition) is 6. The second-order valence-electron chi connectivity index (χ2n) is 7.08. The fraction of sp³-hybridized carbons (Fsp3) is 0.333. The number of rotatable bonds is 8. The zero-order valence-corrected chi connectivity index (χ0v) is 16.8. The third-order valence-corrected chi connectivity index (χ3v) is 4.56. The third kappa shape index (κ3) is 5.12. The Labute approximate surface area is 173 Å². The van der Waals surface area contributed by atoms with E-state index >= 15 is 0 Å². The number of nitrogens with one attached hydrogen (secondary N) is 1. The average molecular weight is 413 g/mol. The van der Waals surface area contributed by atoms with Crippen LogP contribution in [0.15, 0.2) is 42.5 Å². The zero-order chi connectivity index (χ0) is 21.7. The van der Waals surface area contributed by atoms with Crippen molar-refractivity contribution in [3.63, 3.8) is 0 Å². The van der Waals surface area contributed by atoms with Gasteiger partial charge in [-0.15, -0.1) is 0 Å². The van der Waals surface area contributed by atoms with Gasteiger partial charge in [-0.2, -0.15) is 0 Å². The molecule has 1 heterocycles. The second-order valence-corrected chi connectivity index (χ2v) is 7.08. The van der Waals surface area contributed by atoms with Crippen molar-refractivity contribution in [2.45, 2.75) is 33.1 Å². The Bertz CT molecular complexity index is 960. The number of anilines is 1. The second kappa shape index (κ2) is 9.36. The van der Waals surface area contributed by atoms with Crippen molar-refractivity contribution in [2.24, 2.45) is 0 Å². The lowest BCUT2D eigenvalue weighted by molar-refractivity contribution is -0.384. The highest BCUT2D eigenvalue weighted by molar-refractivity contribution is 6.02. The number of carbonyl (C=O) groups excluding carboxylic acids is 2. The summed E-state index contributed by atoms with van der Waals surface area (Å²) in [5, 5.41) is 13.9. The van der Waals surface area contributed by atoms with Crippen molar-refractivity contribution in [2.75, 3.05) is 18.1 Å². The number of ether oxygens (including phenoxy) is 2. The van der Waals surface area contributed by atoms with E-state index in [1.54, 1.807) is 0 Å². The summed E-state index contributed by atoms with van der Waals surface area (Å²) < 4.78 is 11.0. The number of nitro benzene ring substituents is 1. The van der Waals surface area contributed by atoms with Crippen LogP contribution >= 0.6 is 0 Å². The van der Waals surface area contributed by atoms with Crippen LogP contribution in [0.2, 0.25) is 0 Å². The average Bonchev–Trinajstić information content (AvgIpc) is 2.72. The Kier molecular flexibility index (Phi) is 6.63. The SMILES string of the molecule is CC(C)OCc1ccccc1CNC(=O)CN1C(=O)COc2ccc([N+](=O)[O-])cc21. The van der Waals surface area contributed by atoms with Crippen LogP contribution in [0.3, 0.4) is 0 Å². The Morgan fingerprint density at radius 2 is 2.00 bits per heavy atom. The van der Waals surface area contributed by atoms with Crippen molar-refractivity contribution in [3.05, 3.63) is 63.7 Å². The van der Waals surface area contributed by atoms with Crippen LogP contribution in [-0.4, -0.2) is 36.0 Å². The van der Waals surface area contributed by atoms with E-state index in [1.807, 2.05) is 38.1 Å². The highest BCUT2D eigenvalue weighted by Crippen LogP contribution is 2.35. The van der Waals surface area contributed by atoms with Gasteiger partial charge in [0, 0.05) is 18.7 Å². The number of benzene rings is 2. The fourth-order valence-corrected chi connectivity index (χ4v) is 3.00. The number of nitrogens with zero attached hydrogens (tertiary/aromatic N) is 2. The molecule has 158 valence electrons. The third-order valence-electron chi connectivity index (χ3n) is 4.56. The number of amides is 2. The highest BCUT2D eigenvalue weighted by Gasteiger charge is 2.29. The van der Waals surface area contributed by atoms with Gasteiger partial charge in [0.1, 0.15) is 12.3 Å². The molecule has 2 aromatic rings.